The molecule has 0 unspecified atom stereocenters. The van der Waals surface area contributed by atoms with Crippen LogP contribution in [0.1, 0.15) is 5.56 Å². The van der Waals surface area contributed by atoms with Gasteiger partial charge in [-0.2, -0.15) is 0 Å². The van der Waals surface area contributed by atoms with E-state index < -0.39 is 18.5 Å². The lowest BCUT2D eigenvalue weighted by atomic mass is 10.2. The van der Waals surface area contributed by atoms with Crippen molar-refractivity contribution in [2.75, 3.05) is 26.1 Å². The SMILES string of the molecule is COc1ccc(C=CC(=O)OCC(=O)Nc2ccc(Cl)c(Cl)c2)cc1OC. The molecule has 0 spiro atoms. The molecular weight excluding hydrogens is 393 g/mol. The Kier molecular flexibility index (Phi) is 7.52. The lowest BCUT2D eigenvalue weighted by Crippen LogP contribution is -2.20. The summed E-state index contributed by atoms with van der Waals surface area (Å²) in [4.78, 5) is 23.6. The molecule has 8 heteroatoms. The number of rotatable bonds is 7. The molecule has 0 aromatic heterocycles. The van der Waals surface area contributed by atoms with Crippen molar-refractivity contribution in [3.8, 4) is 11.5 Å². The lowest BCUT2D eigenvalue weighted by molar-refractivity contribution is -0.142. The number of halogens is 2. The maximum Gasteiger partial charge on any atom is 0.331 e. The third kappa shape index (κ3) is 6.20. The second-order valence-corrected chi connectivity index (χ2v) is 6.05. The van der Waals surface area contributed by atoms with Crippen LogP contribution in [-0.2, 0) is 14.3 Å². The van der Waals surface area contributed by atoms with Gasteiger partial charge in [-0.25, -0.2) is 4.79 Å². The van der Waals surface area contributed by atoms with Crippen LogP contribution in [0, 0.1) is 0 Å². The normalized spacial score (nSPS) is 10.5. The van der Waals surface area contributed by atoms with E-state index in [-0.39, 0.29) is 0 Å². The number of carbonyl (C=O) groups is 2. The van der Waals surface area contributed by atoms with Crippen LogP contribution in [0.25, 0.3) is 6.08 Å². The largest absolute Gasteiger partial charge is 0.493 e. The summed E-state index contributed by atoms with van der Waals surface area (Å²) in [5.41, 5.74) is 1.16. The topological polar surface area (TPSA) is 73.9 Å². The quantitative estimate of drug-likeness (QED) is 0.547. The van der Waals surface area contributed by atoms with Crippen molar-refractivity contribution in [2.24, 2.45) is 0 Å². The van der Waals surface area contributed by atoms with Crippen molar-refractivity contribution in [3.05, 3.63) is 58.1 Å². The summed E-state index contributed by atoms with van der Waals surface area (Å²) in [7, 11) is 3.06. The van der Waals surface area contributed by atoms with Gasteiger partial charge in [0.25, 0.3) is 5.91 Å². The van der Waals surface area contributed by atoms with Gasteiger partial charge in [0.05, 0.1) is 24.3 Å². The molecule has 1 N–H and O–H groups in total. The van der Waals surface area contributed by atoms with Crippen molar-refractivity contribution >= 4 is 46.8 Å². The fraction of sp³-hybridized carbons (Fsp3) is 0.158. The minimum Gasteiger partial charge on any atom is -0.493 e. The van der Waals surface area contributed by atoms with Crippen LogP contribution in [0.4, 0.5) is 5.69 Å². The number of ether oxygens (including phenoxy) is 3. The van der Waals surface area contributed by atoms with Crippen molar-refractivity contribution in [1.29, 1.82) is 0 Å². The predicted octanol–water partition coefficient (Wildman–Crippen LogP) is 4.21. The molecule has 0 atom stereocenters. The molecule has 2 rings (SSSR count). The Hall–Kier alpha value is -2.70. The molecule has 6 nitrogen and oxygen atoms in total. The summed E-state index contributed by atoms with van der Waals surface area (Å²) in [5.74, 6) is -0.0412. The van der Waals surface area contributed by atoms with Crippen LogP contribution >= 0.6 is 23.2 Å². The number of esters is 1. The molecule has 0 fully saturated rings. The van der Waals surface area contributed by atoms with E-state index in [4.69, 9.17) is 37.4 Å². The highest BCUT2D eigenvalue weighted by atomic mass is 35.5. The van der Waals surface area contributed by atoms with E-state index in [0.717, 1.165) is 0 Å². The average molecular weight is 410 g/mol. The molecule has 0 bridgehead atoms. The summed E-state index contributed by atoms with van der Waals surface area (Å²) >= 11 is 11.7. The Labute approximate surface area is 166 Å². The first-order chi connectivity index (χ1) is 12.9. The summed E-state index contributed by atoms with van der Waals surface area (Å²) in [6, 6.07) is 9.82. The lowest BCUT2D eigenvalue weighted by Gasteiger charge is -2.07. The molecule has 0 aliphatic carbocycles. The minimum atomic E-state index is -0.658. The number of anilines is 1. The van der Waals surface area contributed by atoms with E-state index in [1.807, 2.05) is 0 Å². The molecule has 0 aliphatic heterocycles. The van der Waals surface area contributed by atoms with Gasteiger partial charge >= 0.3 is 5.97 Å². The van der Waals surface area contributed by atoms with E-state index in [2.05, 4.69) is 5.32 Å². The van der Waals surface area contributed by atoms with Crippen LogP contribution in [-0.4, -0.2) is 32.7 Å². The third-order valence-electron chi connectivity index (χ3n) is 3.37. The van der Waals surface area contributed by atoms with Crippen LogP contribution in [0.2, 0.25) is 10.0 Å². The standard InChI is InChI=1S/C19H17Cl2NO5/c1-25-16-7-3-12(9-17(16)26-2)4-8-19(24)27-11-18(23)22-13-5-6-14(20)15(21)10-13/h3-10H,11H2,1-2H3,(H,22,23). The Morgan fingerprint density at radius 1 is 1.00 bits per heavy atom. The number of nitrogens with one attached hydrogen (secondary N) is 1. The summed E-state index contributed by atoms with van der Waals surface area (Å²) in [6.45, 7) is -0.435. The van der Waals surface area contributed by atoms with Gasteiger partial charge in [-0.05, 0) is 42.0 Å². The van der Waals surface area contributed by atoms with Gasteiger partial charge in [0.15, 0.2) is 18.1 Å². The fourth-order valence-corrected chi connectivity index (χ4v) is 2.37. The van der Waals surface area contributed by atoms with Gasteiger partial charge in [-0.15, -0.1) is 0 Å². The van der Waals surface area contributed by atoms with Gasteiger partial charge in [0.2, 0.25) is 0 Å². The van der Waals surface area contributed by atoms with Gasteiger partial charge in [-0.3, -0.25) is 4.79 Å². The highest BCUT2D eigenvalue weighted by molar-refractivity contribution is 6.42. The van der Waals surface area contributed by atoms with Gasteiger partial charge in [0.1, 0.15) is 0 Å². The van der Waals surface area contributed by atoms with E-state index in [9.17, 15) is 9.59 Å². The maximum absolute atomic E-state index is 11.8. The number of carbonyl (C=O) groups excluding carboxylic acids is 2. The monoisotopic (exact) mass is 409 g/mol. The second-order valence-electron chi connectivity index (χ2n) is 5.23. The zero-order chi connectivity index (χ0) is 19.8. The van der Waals surface area contributed by atoms with Gasteiger partial charge < -0.3 is 19.5 Å². The first-order valence-corrected chi connectivity index (χ1v) is 8.50. The summed E-state index contributed by atoms with van der Waals surface area (Å²) < 4.78 is 15.2. The van der Waals surface area contributed by atoms with Crippen molar-refractivity contribution in [3.63, 3.8) is 0 Å². The number of benzene rings is 2. The fourth-order valence-electron chi connectivity index (χ4n) is 2.08. The first kappa shape index (κ1) is 20.6. The Balaban J connectivity index is 1.87. The molecule has 0 aliphatic rings. The highest BCUT2D eigenvalue weighted by Gasteiger charge is 2.08. The highest BCUT2D eigenvalue weighted by Crippen LogP contribution is 2.28. The number of methoxy groups -OCH3 is 2. The molecule has 2 aromatic carbocycles. The summed E-state index contributed by atoms with van der Waals surface area (Å²) in [5, 5.41) is 3.24. The number of amides is 1. The molecular formula is C19H17Cl2NO5. The van der Waals surface area contributed by atoms with Crippen LogP contribution < -0.4 is 14.8 Å². The Morgan fingerprint density at radius 2 is 1.74 bits per heavy atom. The van der Waals surface area contributed by atoms with Gasteiger partial charge in [-0.1, -0.05) is 29.3 Å². The van der Waals surface area contributed by atoms with E-state index in [1.54, 1.807) is 36.4 Å². The van der Waals surface area contributed by atoms with E-state index in [1.165, 1.54) is 26.4 Å². The Bertz CT molecular complexity index is 867. The van der Waals surface area contributed by atoms with Crippen LogP contribution in [0.5, 0.6) is 11.5 Å². The smallest absolute Gasteiger partial charge is 0.331 e. The van der Waals surface area contributed by atoms with Crippen LogP contribution in [0.3, 0.4) is 0 Å². The van der Waals surface area contributed by atoms with Crippen molar-refractivity contribution in [2.45, 2.75) is 0 Å². The molecule has 1 amide bonds. The number of hydrogen-bond acceptors (Lipinski definition) is 5. The van der Waals surface area contributed by atoms with E-state index >= 15 is 0 Å². The predicted molar refractivity (Wildman–Crippen MR) is 105 cm³/mol. The van der Waals surface area contributed by atoms with E-state index in [0.29, 0.717) is 32.8 Å². The van der Waals surface area contributed by atoms with Crippen molar-refractivity contribution < 1.29 is 23.8 Å². The van der Waals surface area contributed by atoms with Crippen LogP contribution in [0.15, 0.2) is 42.5 Å². The molecule has 0 saturated heterocycles. The zero-order valence-corrected chi connectivity index (χ0v) is 16.1. The third-order valence-corrected chi connectivity index (χ3v) is 4.11. The molecule has 142 valence electrons. The molecule has 27 heavy (non-hydrogen) atoms. The van der Waals surface area contributed by atoms with Gasteiger partial charge in [0, 0.05) is 11.8 Å². The Morgan fingerprint density at radius 3 is 2.41 bits per heavy atom. The molecule has 0 radical (unpaired) electrons. The second kappa shape index (κ2) is 9.85. The molecule has 2 aromatic rings. The molecule has 0 heterocycles. The average Bonchev–Trinajstić information content (AvgIpc) is 2.67. The first-order valence-electron chi connectivity index (χ1n) is 7.74. The maximum atomic E-state index is 11.8. The molecule has 0 saturated carbocycles. The van der Waals surface area contributed by atoms with Crippen molar-refractivity contribution in [1.82, 2.24) is 0 Å². The number of hydrogen-bond donors (Lipinski definition) is 1. The minimum absolute atomic E-state index is 0.310. The summed E-state index contributed by atoms with van der Waals surface area (Å²) in [6.07, 6.45) is 2.76. The zero-order valence-electron chi connectivity index (χ0n) is 14.6.